The van der Waals surface area contributed by atoms with Gasteiger partial charge in [0, 0.05) is 4.91 Å². The van der Waals surface area contributed by atoms with Crippen molar-refractivity contribution in [1.82, 2.24) is 0 Å². The molecule has 1 aliphatic rings. The monoisotopic (exact) mass is 352 g/mol. The first-order valence-corrected chi connectivity index (χ1v) is 9.38. The minimum Gasteiger partial charge on any atom is -0.485 e. The van der Waals surface area contributed by atoms with E-state index in [1.807, 2.05) is 24.3 Å². The third-order valence-electron chi connectivity index (χ3n) is 4.47. The molecule has 130 valence electrons. The third-order valence-corrected chi connectivity index (χ3v) is 5.37. The zero-order valence-electron chi connectivity index (χ0n) is 15.0. The molecular formula is C22H24O2S. The highest BCUT2D eigenvalue weighted by atomic mass is 32.2. The fourth-order valence-corrected chi connectivity index (χ4v) is 3.44. The van der Waals surface area contributed by atoms with Crippen LogP contribution in [0.25, 0.3) is 0 Å². The Balaban J connectivity index is 1.54. The molecule has 0 aliphatic carbocycles. The summed E-state index contributed by atoms with van der Waals surface area (Å²) in [5, 5.41) is 2.10. The molecule has 3 rings (SSSR count). The average molecular weight is 352 g/mol. The van der Waals surface area contributed by atoms with Crippen LogP contribution in [-0.4, -0.2) is 12.7 Å². The average Bonchev–Trinajstić information content (AvgIpc) is 2.62. The van der Waals surface area contributed by atoms with E-state index in [4.69, 9.17) is 9.47 Å². The van der Waals surface area contributed by atoms with Crippen LogP contribution in [0.15, 0.2) is 59.4 Å². The van der Waals surface area contributed by atoms with Crippen LogP contribution in [0.3, 0.4) is 0 Å². The zero-order valence-corrected chi connectivity index (χ0v) is 15.9. The summed E-state index contributed by atoms with van der Waals surface area (Å²) in [5.41, 5.74) is 5.41. The van der Waals surface area contributed by atoms with Gasteiger partial charge in [-0.05, 0) is 67.0 Å². The number of fused-ring (bicyclic) bond motifs is 1. The SMILES string of the molecule is C=C(S/C=C/Cc1cc(C)c(C)cc1C)C1COc2ccccc2O1. The smallest absolute Gasteiger partial charge is 0.163 e. The molecule has 0 N–H and O–H groups in total. The number of rotatable bonds is 5. The van der Waals surface area contributed by atoms with Gasteiger partial charge in [-0.25, -0.2) is 0 Å². The Morgan fingerprint density at radius 2 is 1.84 bits per heavy atom. The molecule has 2 aromatic carbocycles. The van der Waals surface area contributed by atoms with E-state index in [0.717, 1.165) is 22.8 Å². The van der Waals surface area contributed by atoms with Crippen LogP contribution < -0.4 is 9.47 Å². The number of aryl methyl sites for hydroxylation is 3. The highest BCUT2D eigenvalue weighted by Gasteiger charge is 2.22. The minimum absolute atomic E-state index is 0.118. The van der Waals surface area contributed by atoms with Crippen molar-refractivity contribution in [2.45, 2.75) is 33.3 Å². The van der Waals surface area contributed by atoms with Crippen LogP contribution in [0, 0.1) is 20.8 Å². The molecule has 0 spiro atoms. The van der Waals surface area contributed by atoms with Gasteiger partial charge in [0.25, 0.3) is 0 Å². The fraction of sp³-hybridized carbons (Fsp3) is 0.273. The third kappa shape index (κ3) is 4.29. The molecule has 2 nitrogen and oxygen atoms in total. The molecule has 25 heavy (non-hydrogen) atoms. The van der Waals surface area contributed by atoms with Gasteiger partial charge in [-0.3, -0.25) is 0 Å². The minimum atomic E-state index is -0.118. The van der Waals surface area contributed by atoms with Crippen molar-refractivity contribution in [2.75, 3.05) is 6.61 Å². The van der Waals surface area contributed by atoms with Crippen molar-refractivity contribution in [2.24, 2.45) is 0 Å². The van der Waals surface area contributed by atoms with Crippen LogP contribution in [0.1, 0.15) is 22.3 Å². The van der Waals surface area contributed by atoms with Crippen LogP contribution in [0.2, 0.25) is 0 Å². The predicted molar refractivity (Wildman–Crippen MR) is 107 cm³/mol. The number of hydrogen-bond donors (Lipinski definition) is 0. The number of allylic oxidation sites excluding steroid dienone is 1. The number of benzene rings is 2. The van der Waals surface area contributed by atoms with E-state index in [9.17, 15) is 0 Å². The lowest BCUT2D eigenvalue weighted by atomic mass is 9.99. The van der Waals surface area contributed by atoms with Crippen molar-refractivity contribution >= 4 is 11.8 Å². The van der Waals surface area contributed by atoms with E-state index < -0.39 is 0 Å². The van der Waals surface area contributed by atoms with Crippen molar-refractivity contribution in [3.63, 3.8) is 0 Å². The molecule has 2 aromatic rings. The van der Waals surface area contributed by atoms with E-state index in [1.54, 1.807) is 11.8 Å². The normalized spacial score (nSPS) is 16.2. The number of hydrogen-bond acceptors (Lipinski definition) is 3. The van der Waals surface area contributed by atoms with Gasteiger partial charge in [-0.2, -0.15) is 0 Å². The molecule has 0 fully saturated rings. The second-order valence-electron chi connectivity index (χ2n) is 6.39. The molecule has 0 saturated heterocycles. The molecule has 1 aliphatic heterocycles. The number of para-hydroxylation sites is 2. The van der Waals surface area contributed by atoms with Gasteiger partial charge in [0.05, 0.1) is 0 Å². The highest BCUT2D eigenvalue weighted by molar-refractivity contribution is 8.05. The van der Waals surface area contributed by atoms with Gasteiger partial charge in [0.15, 0.2) is 17.6 Å². The van der Waals surface area contributed by atoms with E-state index >= 15 is 0 Å². The molecule has 1 heterocycles. The predicted octanol–water partition coefficient (Wildman–Crippen LogP) is 5.75. The van der Waals surface area contributed by atoms with Crippen LogP contribution in [0.5, 0.6) is 11.5 Å². The standard InChI is InChI=1S/C22H24O2S/c1-15-12-17(3)19(13-16(15)2)8-7-11-25-18(4)22-14-23-20-9-5-6-10-21(20)24-22/h5-7,9-13,22H,4,8,14H2,1-3H3/b11-7+. The van der Waals surface area contributed by atoms with Gasteiger partial charge in [-0.15, -0.1) is 0 Å². The van der Waals surface area contributed by atoms with Crippen LogP contribution in [-0.2, 0) is 6.42 Å². The lowest BCUT2D eigenvalue weighted by Gasteiger charge is -2.27. The molecule has 0 saturated carbocycles. The van der Waals surface area contributed by atoms with E-state index in [0.29, 0.717) is 6.61 Å². The van der Waals surface area contributed by atoms with Gasteiger partial charge >= 0.3 is 0 Å². The molecule has 0 bridgehead atoms. The molecule has 1 atom stereocenters. The van der Waals surface area contributed by atoms with E-state index in [-0.39, 0.29) is 6.10 Å². The molecule has 0 radical (unpaired) electrons. The van der Waals surface area contributed by atoms with E-state index in [2.05, 4.69) is 51.0 Å². The number of ether oxygens (including phenoxy) is 2. The molecule has 0 aromatic heterocycles. The van der Waals surface area contributed by atoms with Crippen LogP contribution >= 0.6 is 11.8 Å². The summed E-state index contributed by atoms with van der Waals surface area (Å²) in [6.07, 6.45) is 3.00. The highest BCUT2D eigenvalue weighted by Crippen LogP contribution is 2.34. The maximum absolute atomic E-state index is 5.98. The first-order valence-electron chi connectivity index (χ1n) is 8.50. The first-order chi connectivity index (χ1) is 12.0. The van der Waals surface area contributed by atoms with Gasteiger partial charge < -0.3 is 9.47 Å². The Bertz CT molecular complexity index is 808. The zero-order chi connectivity index (χ0) is 17.8. The summed E-state index contributed by atoms with van der Waals surface area (Å²) in [6.45, 7) is 11.1. The first kappa shape index (κ1) is 17.7. The Hall–Kier alpha value is -2.13. The van der Waals surface area contributed by atoms with Gasteiger partial charge in [-0.1, -0.05) is 48.7 Å². The Morgan fingerprint density at radius 1 is 1.12 bits per heavy atom. The van der Waals surface area contributed by atoms with Gasteiger partial charge in [0.2, 0.25) is 0 Å². The van der Waals surface area contributed by atoms with Crippen molar-refractivity contribution in [1.29, 1.82) is 0 Å². The maximum Gasteiger partial charge on any atom is 0.163 e. The summed E-state index contributed by atoms with van der Waals surface area (Å²) in [7, 11) is 0. The summed E-state index contributed by atoms with van der Waals surface area (Å²) < 4.78 is 11.7. The second-order valence-corrected chi connectivity index (χ2v) is 7.42. The lowest BCUT2D eigenvalue weighted by molar-refractivity contribution is 0.121. The fourth-order valence-electron chi connectivity index (χ4n) is 2.80. The quantitative estimate of drug-likeness (QED) is 0.682. The molecule has 0 amide bonds. The Morgan fingerprint density at radius 3 is 2.64 bits per heavy atom. The summed E-state index contributed by atoms with van der Waals surface area (Å²) in [4.78, 5) is 0.961. The van der Waals surface area contributed by atoms with Crippen molar-refractivity contribution < 1.29 is 9.47 Å². The summed E-state index contributed by atoms with van der Waals surface area (Å²) >= 11 is 1.61. The van der Waals surface area contributed by atoms with Crippen molar-refractivity contribution in [3.8, 4) is 11.5 Å². The van der Waals surface area contributed by atoms with Gasteiger partial charge in [0.1, 0.15) is 6.61 Å². The lowest BCUT2D eigenvalue weighted by Crippen LogP contribution is -2.29. The maximum atomic E-state index is 5.98. The van der Waals surface area contributed by atoms with Crippen LogP contribution in [0.4, 0.5) is 0 Å². The Labute approximate surface area is 154 Å². The summed E-state index contributed by atoms with van der Waals surface area (Å²) in [6, 6.07) is 12.3. The van der Waals surface area contributed by atoms with Crippen molar-refractivity contribution in [3.05, 3.63) is 81.6 Å². The van der Waals surface area contributed by atoms with E-state index in [1.165, 1.54) is 22.3 Å². The largest absolute Gasteiger partial charge is 0.485 e. The topological polar surface area (TPSA) is 18.5 Å². The molecule has 3 heteroatoms. The molecular weight excluding hydrogens is 328 g/mol. The Kier molecular flexibility index (Phi) is 5.54. The second kappa shape index (κ2) is 7.83. The summed E-state index contributed by atoms with van der Waals surface area (Å²) in [5.74, 6) is 1.59. The molecule has 1 unspecified atom stereocenters. The number of thioether (sulfide) groups is 1.